The molecule has 1 heterocycles. The van der Waals surface area contributed by atoms with E-state index < -0.39 is 0 Å². The van der Waals surface area contributed by atoms with Crippen LogP contribution in [0.3, 0.4) is 0 Å². The van der Waals surface area contributed by atoms with Gasteiger partial charge in [-0.25, -0.2) is 0 Å². The standard InChI is InChI=1S/C26H36N2O3/c1-4-20(2)24-7-5-6-8-25(24)31-19-26(29)27-17-21-13-15-28(16-14-21)18-22-9-11-23(30-3)12-10-22/h5-12,20-21H,4,13-19H2,1-3H3,(H,27,29). The molecule has 3 rings (SSSR count). The fourth-order valence-corrected chi connectivity index (χ4v) is 4.03. The van der Waals surface area contributed by atoms with Crippen LogP contribution in [0.25, 0.3) is 0 Å². The summed E-state index contributed by atoms with van der Waals surface area (Å²) in [4.78, 5) is 14.8. The molecule has 1 amide bonds. The van der Waals surface area contributed by atoms with Gasteiger partial charge in [0, 0.05) is 13.1 Å². The normalized spacial score (nSPS) is 16.0. The van der Waals surface area contributed by atoms with Crippen LogP contribution in [0, 0.1) is 5.92 Å². The predicted molar refractivity (Wildman–Crippen MR) is 125 cm³/mol. The van der Waals surface area contributed by atoms with Crippen molar-refractivity contribution in [3.63, 3.8) is 0 Å². The predicted octanol–water partition coefficient (Wildman–Crippen LogP) is 4.62. The SMILES string of the molecule is CCC(C)c1ccccc1OCC(=O)NCC1CCN(Cc2ccc(OC)cc2)CC1. The van der Waals surface area contributed by atoms with E-state index in [1.807, 2.05) is 30.3 Å². The van der Waals surface area contributed by atoms with Crippen molar-refractivity contribution < 1.29 is 14.3 Å². The van der Waals surface area contributed by atoms with Gasteiger partial charge in [-0.05, 0) is 73.5 Å². The van der Waals surface area contributed by atoms with E-state index in [1.54, 1.807) is 7.11 Å². The van der Waals surface area contributed by atoms with E-state index in [1.165, 1.54) is 11.1 Å². The van der Waals surface area contributed by atoms with Crippen molar-refractivity contribution in [2.45, 2.75) is 45.6 Å². The fourth-order valence-electron chi connectivity index (χ4n) is 4.03. The zero-order valence-corrected chi connectivity index (χ0v) is 19.1. The number of benzene rings is 2. The molecule has 0 aliphatic carbocycles. The number of piperidine rings is 1. The number of ether oxygens (including phenoxy) is 2. The van der Waals surface area contributed by atoms with Crippen LogP contribution < -0.4 is 14.8 Å². The molecule has 0 aromatic heterocycles. The van der Waals surface area contributed by atoms with E-state index in [-0.39, 0.29) is 12.5 Å². The monoisotopic (exact) mass is 424 g/mol. The van der Waals surface area contributed by atoms with Crippen molar-refractivity contribution in [3.8, 4) is 11.5 Å². The second kappa shape index (κ2) is 11.8. The Morgan fingerprint density at radius 3 is 2.52 bits per heavy atom. The quantitative estimate of drug-likeness (QED) is 0.605. The average molecular weight is 425 g/mol. The third-order valence-corrected chi connectivity index (χ3v) is 6.28. The maximum absolute atomic E-state index is 12.3. The van der Waals surface area contributed by atoms with Gasteiger partial charge in [-0.2, -0.15) is 0 Å². The summed E-state index contributed by atoms with van der Waals surface area (Å²) in [5.41, 5.74) is 2.48. The molecule has 1 N–H and O–H groups in total. The summed E-state index contributed by atoms with van der Waals surface area (Å²) in [5, 5.41) is 3.07. The van der Waals surface area contributed by atoms with Crippen LogP contribution >= 0.6 is 0 Å². The molecule has 31 heavy (non-hydrogen) atoms. The number of hydrogen-bond acceptors (Lipinski definition) is 4. The first-order valence-corrected chi connectivity index (χ1v) is 11.4. The second-order valence-corrected chi connectivity index (χ2v) is 8.51. The Balaban J connectivity index is 1.36. The molecule has 0 radical (unpaired) electrons. The molecular formula is C26H36N2O3. The van der Waals surface area contributed by atoms with Crippen LogP contribution in [0.2, 0.25) is 0 Å². The zero-order chi connectivity index (χ0) is 22.1. The molecule has 168 valence electrons. The van der Waals surface area contributed by atoms with Crippen LogP contribution in [0.5, 0.6) is 11.5 Å². The molecule has 0 bridgehead atoms. The van der Waals surface area contributed by atoms with E-state index in [0.717, 1.165) is 56.9 Å². The molecule has 5 heteroatoms. The minimum absolute atomic E-state index is 0.0420. The smallest absolute Gasteiger partial charge is 0.257 e. The number of amides is 1. The van der Waals surface area contributed by atoms with Gasteiger partial charge in [0.25, 0.3) is 5.91 Å². The third-order valence-electron chi connectivity index (χ3n) is 6.28. The molecule has 1 atom stereocenters. The van der Waals surface area contributed by atoms with Crippen molar-refractivity contribution >= 4 is 5.91 Å². The van der Waals surface area contributed by atoms with Crippen LogP contribution in [0.1, 0.15) is 50.2 Å². The Labute approximate surface area is 186 Å². The van der Waals surface area contributed by atoms with E-state index >= 15 is 0 Å². The molecule has 5 nitrogen and oxygen atoms in total. The van der Waals surface area contributed by atoms with Gasteiger partial charge in [0.05, 0.1) is 7.11 Å². The van der Waals surface area contributed by atoms with Crippen molar-refractivity contribution in [1.29, 1.82) is 0 Å². The minimum atomic E-state index is -0.0420. The highest BCUT2D eigenvalue weighted by atomic mass is 16.5. The van der Waals surface area contributed by atoms with Crippen molar-refractivity contribution in [1.82, 2.24) is 10.2 Å². The van der Waals surface area contributed by atoms with Gasteiger partial charge < -0.3 is 14.8 Å². The van der Waals surface area contributed by atoms with Gasteiger partial charge >= 0.3 is 0 Å². The fraction of sp³-hybridized carbons (Fsp3) is 0.500. The van der Waals surface area contributed by atoms with E-state index in [4.69, 9.17) is 9.47 Å². The number of carbonyl (C=O) groups excluding carboxylic acids is 1. The van der Waals surface area contributed by atoms with Crippen LogP contribution in [0.15, 0.2) is 48.5 Å². The van der Waals surface area contributed by atoms with E-state index in [0.29, 0.717) is 11.8 Å². The largest absolute Gasteiger partial charge is 0.497 e. The first-order chi connectivity index (χ1) is 15.1. The Morgan fingerprint density at radius 2 is 1.84 bits per heavy atom. The average Bonchev–Trinajstić information content (AvgIpc) is 2.82. The Hall–Kier alpha value is -2.53. The molecule has 1 saturated heterocycles. The maximum atomic E-state index is 12.3. The van der Waals surface area contributed by atoms with Gasteiger partial charge in [-0.1, -0.05) is 44.2 Å². The molecular weight excluding hydrogens is 388 g/mol. The number of nitrogens with zero attached hydrogens (tertiary/aromatic N) is 1. The summed E-state index contributed by atoms with van der Waals surface area (Å²) in [6.07, 6.45) is 3.26. The third kappa shape index (κ3) is 7.00. The topological polar surface area (TPSA) is 50.8 Å². The number of methoxy groups -OCH3 is 1. The van der Waals surface area contributed by atoms with Crippen molar-refractivity contribution in [2.75, 3.05) is 33.4 Å². The molecule has 1 aliphatic rings. The lowest BCUT2D eigenvalue weighted by molar-refractivity contribution is -0.123. The van der Waals surface area contributed by atoms with Gasteiger partial charge in [-0.15, -0.1) is 0 Å². The molecule has 0 saturated carbocycles. The van der Waals surface area contributed by atoms with E-state index in [2.05, 4.69) is 42.3 Å². The summed E-state index contributed by atoms with van der Waals surface area (Å²) in [7, 11) is 1.69. The summed E-state index contributed by atoms with van der Waals surface area (Å²) in [6, 6.07) is 16.3. The highest BCUT2D eigenvalue weighted by Gasteiger charge is 2.20. The molecule has 0 spiro atoms. The number of likely N-dealkylation sites (tertiary alicyclic amines) is 1. The van der Waals surface area contributed by atoms with Gasteiger partial charge in [0.1, 0.15) is 11.5 Å². The maximum Gasteiger partial charge on any atom is 0.257 e. The summed E-state index contributed by atoms with van der Waals surface area (Å²) in [5.74, 6) is 2.62. The Kier molecular flexibility index (Phi) is 8.77. The number of hydrogen-bond donors (Lipinski definition) is 1. The zero-order valence-electron chi connectivity index (χ0n) is 19.1. The summed E-state index contributed by atoms with van der Waals surface area (Å²) in [6.45, 7) is 8.23. The lowest BCUT2D eigenvalue weighted by Gasteiger charge is -2.32. The Morgan fingerprint density at radius 1 is 1.13 bits per heavy atom. The Bertz CT molecular complexity index is 814. The first kappa shape index (κ1) is 23.1. The molecule has 1 fully saturated rings. The lowest BCUT2D eigenvalue weighted by atomic mass is 9.96. The molecule has 2 aromatic rings. The number of para-hydroxylation sites is 1. The van der Waals surface area contributed by atoms with Crippen LogP contribution in [-0.4, -0.2) is 44.2 Å². The number of carbonyl (C=O) groups is 1. The molecule has 1 aliphatic heterocycles. The second-order valence-electron chi connectivity index (χ2n) is 8.51. The summed E-state index contributed by atoms with van der Waals surface area (Å²) < 4.78 is 11.1. The number of nitrogens with one attached hydrogen (secondary N) is 1. The van der Waals surface area contributed by atoms with E-state index in [9.17, 15) is 4.79 Å². The molecule has 2 aromatic carbocycles. The van der Waals surface area contributed by atoms with Crippen LogP contribution in [-0.2, 0) is 11.3 Å². The molecule has 1 unspecified atom stereocenters. The highest BCUT2D eigenvalue weighted by Crippen LogP contribution is 2.28. The van der Waals surface area contributed by atoms with Gasteiger partial charge in [-0.3, -0.25) is 9.69 Å². The van der Waals surface area contributed by atoms with Gasteiger partial charge in [0.2, 0.25) is 0 Å². The first-order valence-electron chi connectivity index (χ1n) is 11.4. The highest BCUT2D eigenvalue weighted by molar-refractivity contribution is 5.77. The van der Waals surface area contributed by atoms with Crippen molar-refractivity contribution in [3.05, 3.63) is 59.7 Å². The van der Waals surface area contributed by atoms with Gasteiger partial charge in [0.15, 0.2) is 6.61 Å². The van der Waals surface area contributed by atoms with Crippen LogP contribution in [0.4, 0.5) is 0 Å². The lowest BCUT2D eigenvalue weighted by Crippen LogP contribution is -2.39. The number of rotatable bonds is 10. The summed E-state index contributed by atoms with van der Waals surface area (Å²) >= 11 is 0. The van der Waals surface area contributed by atoms with Crippen molar-refractivity contribution in [2.24, 2.45) is 5.92 Å². The minimum Gasteiger partial charge on any atom is -0.497 e.